The van der Waals surface area contributed by atoms with E-state index in [9.17, 15) is 0 Å². The first kappa shape index (κ1) is 13.4. The van der Waals surface area contributed by atoms with Crippen LogP contribution in [0.4, 0.5) is 0 Å². The Labute approximate surface area is 108 Å². The zero-order chi connectivity index (χ0) is 12.1. The van der Waals surface area contributed by atoms with E-state index in [0.29, 0.717) is 0 Å². The van der Waals surface area contributed by atoms with E-state index in [1.54, 1.807) is 0 Å². The fourth-order valence-electron chi connectivity index (χ4n) is 3.78. The molecule has 1 nitrogen and oxygen atoms in total. The first-order chi connectivity index (χ1) is 8.29. The second-order valence-corrected chi connectivity index (χ2v) is 6.51. The Morgan fingerprint density at radius 2 is 1.59 bits per heavy atom. The van der Waals surface area contributed by atoms with Crippen LogP contribution in [0.2, 0.25) is 0 Å². The molecule has 0 heterocycles. The van der Waals surface area contributed by atoms with Crippen LogP contribution in [0, 0.1) is 11.8 Å². The molecule has 0 aromatic heterocycles. The van der Waals surface area contributed by atoms with Gasteiger partial charge in [-0.05, 0) is 50.4 Å². The molecule has 2 atom stereocenters. The molecule has 0 bridgehead atoms. The molecule has 17 heavy (non-hydrogen) atoms. The zero-order valence-corrected chi connectivity index (χ0v) is 11.9. The van der Waals surface area contributed by atoms with Gasteiger partial charge in [0.25, 0.3) is 0 Å². The highest BCUT2D eigenvalue weighted by Crippen LogP contribution is 2.29. The first-order valence-electron chi connectivity index (χ1n) is 8.05. The molecule has 0 spiro atoms. The second kappa shape index (κ2) is 6.78. The molecule has 100 valence electrons. The number of rotatable bonds is 3. The van der Waals surface area contributed by atoms with Crippen molar-refractivity contribution in [2.75, 3.05) is 0 Å². The highest BCUT2D eigenvalue weighted by molar-refractivity contribution is 4.83. The van der Waals surface area contributed by atoms with E-state index in [-0.39, 0.29) is 0 Å². The highest BCUT2D eigenvalue weighted by atomic mass is 15.0. The summed E-state index contributed by atoms with van der Waals surface area (Å²) >= 11 is 0. The van der Waals surface area contributed by atoms with E-state index in [2.05, 4.69) is 19.2 Å². The van der Waals surface area contributed by atoms with Gasteiger partial charge >= 0.3 is 0 Å². The van der Waals surface area contributed by atoms with Crippen LogP contribution in [-0.2, 0) is 0 Å². The minimum absolute atomic E-state index is 0.820. The molecule has 0 aliphatic heterocycles. The van der Waals surface area contributed by atoms with Gasteiger partial charge in [-0.15, -0.1) is 0 Å². The van der Waals surface area contributed by atoms with Crippen molar-refractivity contribution in [3.05, 3.63) is 0 Å². The third kappa shape index (κ3) is 3.98. The third-order valence-corrected chi connectivity index (χ3v) is 5.24. The third-order valence-electron chi connectivity index (χ3n) is 5.24. The number of hydrogen-bond donors (Lipinski definition) is 1. The first-order valence-corrected chi connectivity index (χ1v) is 8.05. The van der Waals surface area contributed by atoms with Gasteiger partial charge < -0.3 is 5.32 Å². The molecule has 0 radical (unpaired) electrons. The van der Waals surface area contributed by atoms with Gasteiger partial charge in [0.1, 0.15) is 0 Å². The van der Waals surface area contributed by atoms with Gasteiger partial charge in [0.15, 0.2) is 0 Å². The summed E-state index contributed by atoms with van der Waals surface area (Å²) in [6, 6.07) is 1.66. The van der Waals surface area contributed by atoms with Gasteiger partial charge in [-0.25, -0.2) is 0 Å². The summed E-state index contributed by atoms with van der Waals surface area (Å²) < 4.78 is 0. The van der Waals surface area contributed by atoms with Gasteiger partial charge in [0.05, 0.1) is 0 Å². The minimum Gasteiger partial charge on any atom is -0.311 e. The summed E-state index contributed by atoms with van der Waals surface area (Å²) in [5, 5.41) is 3.99. The largest absolute Gasteiger partial charge is 0.311 e. The van der Waals surface area contributed by atoms with Crippen molar-refractivity contribution < 1.29 is 0 Å². The van der Waals surface area contributed by atoms with E-state index in [4.69, 9.17) is 0 Å². The van der Waals surface area contributed by atoms with Gasteiger partial charge in [0, 0.05) is 12.1 Å². The molecule has 1 heteroatoms. The molecule has 2 unspecified atom stereocenters. The SMILES string of the molecule is CCC1CCC(NC2CCCCCC2C)CC1. The van der Waals surface area contributed by atoms with Crippen molar-refractivity contribution in [2.45, 2.75) is 90.1 Å². The van der Waals surface area contributed by atoms with Crippen LogP contribution in [0.1, 0.15) is 78.1 Å². The standard InChI is InChI=1S/C16H31N/c1-3-14-9-11-15(12-10-14)17-16-8-6-4-5-7-13(16)2/h13-17H,3-12H2,1-2H3. The van der Waals surface area contributed by atoms with E-state index < -0.39 is 0 Å². The summed E-state index contributed by atoms with van der Waals surface area (Å²) in [5.74, 6) is 1.93. The average Bonchev–Trinajstić information content (AvgIpc) is 2.56. The summed E-state index contributed by atoms with van der Waals surface area (Å²) in [6.45, 7) is 4.81. The van der Waals surface area contributed by atoms with Gasteiger partial charge in [-0.3, -0.25) is 0 Å². The fourth-order valence-corrected chi connectivity index (χ4v) is 3.78. The fraction of sp³-hybridized carbons (Fsp3) is 1.00. The summed E-state index contributed by atoms with van der Waals surface area (Å²) in [5.41, 5.74) is 0. The maximum atomic E-state index is 3.99. The lowest BCUT2D eigenvalue weighted by atomic mass is 9.83. The Morgan fingerprint density at radius 3 is 2.29 bits per heavy atom. The zero-order valence-electron chi connectivity index (χ0n) is 11.9. The van der Waals surface area contributed by atoms with Crippen LogP contribution in [0.15, 0.2) is 0 Å². The monoisotopic (exact) mass is 237 g/mol. The Bertz CT molecular complexity index is 206. The Balaban J connectivity index is 1.76. The number of nitrogens with one attached hydrogen (secondary N) is 1. The minimum atomic E-state index is 0.820. The van der Waals surface area contributed by atoms with Crippen molar-refractivity contribution in [1.29, 1.82) is 0 Å². The average molecular weight is 237 g/mol. The molecule has 2 saturated carbocycles. The van der Waals surface area contributed by atoms with E-state index in [1.807, 2.05) is 0 Å². The lowest BCUT2D eigenvalue weighted by Gasteiger charge is -2.33. The molecule has 2 aliphatic carbocycles. The van der Waals surface area contributed by atoms with Crippen LogP contribution >= 0.6 is 0 Å². The van der Waals surface area contributed by atoms with Gasteiger partial charge in [-0.1, -0.05) is 39.5 Å². The molecule has 0 aromatic rings. The number of hydrogen-bond acceptors (Lipinski definition) is 1. The van der Waals surface area contributed by atoms with Crippen LogP contribution < -0.4 is 5.32 Å². The lowest BCUT2D eigenvalue weighted by molar-refractivity contribution is 0.240. The molecule has 0 saturated heterocycles. The lowest BCUT2D eigenvalue weighted by Crippen LogP contribution is -2.43. The maximum absolute atomic E-state index is 3.99. The molecule has 1 N–H and O–H groups in total. The van der Waals surface area contributed by atoms with E-state index >= 15 is 0 Å². The second-order valence-electron chi connectivity index (χ2n) is 6.51. The van der Waals surface area contributed by atoms with Crippen molar-refractivity contribution in [3.63, 3.8) is 0 Å². The Hall–Kier alpha value is -0.0400. The molecule has 2 aliphatic rings. The Morgan fingerprint density at radius 1 is 0.882 bits per heavy atom. The molecular formula is C16H31N. The predicted molar refractivity (Wildman–Crippen MR) is 75.2 cm³/mol. The van der Waals surface area contributed by atoms with Crippen molar-refractivity contribution in [2.24, 2.45) is 11.8 Å². The normalized spacial score (nSPS) is 39.9. The predicted octanol–water partition coefficient (Wildman–Crippen LogP) is 4.51. The molecule has 2 fully saturated rings. The molecule has 0 amide bonds. The van der Waals surface area contributed by atoms with E-state index in [1.165, 1.54) is 64.2 Å². The van der Waals surface area contributed by atoms with Crippen LogP contribution in [0.3, 0.4) is 0 Å². The van der Waals surface area contributed by atoms with Gasteiger partial charge in [-0.2, -0.15) is 0 Å². The summed E-state index contributed by atoms with van der Waals surface area (Å²) in [4.78, 5) is 0. The van der Waals surface area contributed by atoms with E-state index in [0.717, 1.165) is 23.9 Å². The Kier molecular flexibility index (Phi) is 5.34. The van der Waals surface area contributed by atoms with Crippen LogP contribution in [0.5, 0.6) is 0 Å². The quantitative estimate of drug-likeness (QED) is 0.712. The molecular weight excluding hydrogens is 206 g/mol. The molecule has 0 aromatic carbocycles. The van der Waals surface area contributed by atoms with Crippen molar-refractivity contribution >= 4 is 0 Å². The molecule has 2 rings (SSSR count). The topological polar surface area (TPSA) is 12.0 Å². The van der Waals surface area contributed by atoms with Crippen LogP contribution in [-0.4, -0.2) is 12.1 Å². The summed E-state index contributed by atoms with van der Waals surface area (Å²) in [6.07, 6.45) is 14.4. The highest BCUT2D eigenvalue weighted by Gasteiger charge is 2.25. The van der Waals surface area contributed by atoms with Gasteiger partial charge in [0.2, 0.25) is 0 Å². The smallest absolute Gasteiger partial charge is 0.00952 e. The van der Waals surface area contributed by atoms with Crippen molar-refractivity contribution in [1.82, 2.24) is 5.32 Å². The maximum Gasteiger partial charge on any atom is 0.00952 e. The van der Waals surface area contributed by atoms with Crippen LogP contribution in [0.25, 0.3) is 0 Å². The summed E-state index contributed by atoms with van der Waals surface area (Å²) in [7, 11) is 0. The van der Waals surface area contributed by atoms with Crippen molar-refractivity contribution in [3.8, 4) is 0 Å².